The quantitative estimate of drug-likeness (QED) is 0.831. The summed E-state index contributed by atoms with van der Waals surface area (Å²) in [6.45, 7) is 0. The van der Waals surface area contributed by atoms with Crippen LogP contribution in [0.1, 0.15) is 12.8 Å². The number of nitrogens with two attached hydrogens (primary N) is 1. The molecule has 1 aromatic rings. The second-order valence-corrected chi connectivity index (χ2v) is 5.80. The van der Waals surface area contributed by atoms with Crippen LogP contribution in [-0.2, 0) is 10.0 Å². The zero-order chi connectivity index (χ0) is 12.5. The molecule has 8 heteroatoms. The van der Waals surface area contributed by atoms with Crippen LogP contribution >= 0.6 is 12.4 Å². The number of rotatable bonds is 4. The molecule has 1 aliphatic rings. The third-order valence-corrected chi connectivity index (χ3v) is 4.23. The van der Waals surface area contributed by atoms with Crippen LogP contribution in [0.5, 0.6) is 5.88 Å². The summed E-state index contributed by atoms with van der Waals surface area (Å²) in [4.78, 5) is 4.00. The number of nitrogens with zero attached hydrogens (tertiary/aromatic N) is 1. The van der Waals surface area contributed by atoms with Crippen LogP contribution in [0, 0.1) is 0 Å². The van der Waals surface area contributed by atoms with Gasteiger partial charge in [-0.2, -0.15) is 0 Å². The fourth-order valence-corrected chi connectivity index (χ4v) is 2.90. The molecule has 18 heavy (non-hydrogen) atoms. The normalized spacial score (nSPS) is 22.8. The molecule has 102 valence electrons. The smallest absolute Gasteiger partial charge is 0.242 e. The number of halogens is 1. The molecule has 0 aromatic carbocycles. The Morgan fingerprint density at radius 1 is 1.44 bits per heavy atom. The number of aromatic nitrogens is 1. The Morgan fingerprint density at radius 2 is 2.11 bits per heavy atom. The minimum Gasteiger partial charge on any atom is -0.481 e. The molecule has 0 amide bonds. The van der Waals surface area contributed by atoms with Crippen molar-refractivity contribution in [2.45, 2.75) is 29.8 Å². The first kappa shape index (κ1) is 15.2. The fraction of sp³-hybridized carbons (Fsp3) is 0.500. The molecule has 2 rings (SSSR count). The summed E-state index contributed by atoms with van der Waals surface area (Å²) in [5, 5.41) is 0. The predicted octanol–water partition coefficient (Wildman–Crippen LogP) is 0.280. The van der Waals surface area contributed by atoms with Gasteiger partial charge in [0, 0.05) is 18.2 Å². The van der Waals surface area contributed by atoms with E-state index < -0.39 is 10.0 Å². The molecule has 0 spiro atoms. The van der Waals surface area contributed by atoms with E-state index in [9.17, 15) is 8.42 Å². The molecular formula is C10H16ClN3O3S. The highest BCUT2D eigenvalue weighted by Crippen LogP contribution is 2.20. The molecule has 0 unspecified atom stereocenters. The van der Waals surface area contributed by atoms with Gasteiger partial charge in [-0.15, -0.1) is 12.4 Å². The van der Waals surface area contributed by atoms with E-state index in [0.717, 1.165) is 0 Å². The van der Waals surface area contributed by atoms with Crippen molar-refractivity contribution in [1.29, 1.82) is 0 Å². The molecule has 0 radical (unpaired) electrons. The van der Waals surface area contributed by atoms with E-state index in [1.165, 1.54) is 25.4 Å². The van der Waals surface area contributed by atoms with Crippen LogP contribution in [0.25, 0.3) is 0 Å². The molecular weight excluding hydrogens is 278 g/mol. The van der Waals surface area contributed by atoms with Gasteiger partial charge in [-0.3, -0.25) is 0 Å². The SMILES string of the molecule is COc1ccc(S(=O)(=O)NC2CC(N)C2)cn1.Cl. The molecule has 3 N–H and O–H groups in total. The summed E-state index contributed by atoms with van der Waals surface area (Å²) in [6, 6.07) is 3.03. The third kappa shape index (κ3) is 3.32. The summed E-state index contributed by atoms with van der Waals surface area (Å²) in [7, 11) is -2.02. The van der Waals surface area contributed by atoms with Gasteiger partial charge in [0.2, 0.25) is 15.9 Å². The lowest BCUT2D eigenvalue weighted by molar-refractivity contribution is 0.327. The molecule has 0 bridgehead atoms. The van der Waals surface area contributed by atoms with Gasteiger partial charge in [-0.25, -0.2) is 18.1 Å². The number of hydrogen-bond acceptors (Lipinski definition) is 5. The first-order chi connectivity index (χ1) is 8.01. The van der Waals surface area contributed by atoms with Crippen LogP contribution in [0.3, 0.4) is 0 Å². The molecule has 6 nitrogen and oxygen atoms in total. The molecule has 1 aliphatic carbocycles. The first-order valence-corrected chi connectivity index (χ1v) is 6.77. The van der Waals surface area contributed by atoms with Gasteiger partial charge in [0.25, 0.3) is 0 Å². The van der Waals surface area contributed by atoms with E-state index >= 15 is 0 Å². The molecule has 0 aliphatic heterocycles. The van der Waals surface area contributed by atoms with Gasteiger partial charge < -0.3 is 10.5 Å². The van der Waals surface area contributed by atoms with Crippen LogP contribution in [-0.4, -0.2) is 32.6 Å². The Kier molecular flexibility index (Phi) is 4.92. The van der Waals surface area contributed by atoms with Crippen molar-refractivity contribution in [2.24, 2.45) is 5.73 Å². The number of methoxy groups -OCH3 is 1. The standard InChI is InChI=1S/C10H15N3O3S.ClH/c1-16-10-3-2-9(6-12-10)17(14,15)13-8-4-7(11)5-8;/h2-3,6-8,13H,4-5,11H2,1H3;1H. The molecule has 1 heterocycles. The highest BCUT2D eigenvalue weighted by atomic mass is 35.5. The molecule has 1 fully saturated rings. The zero-order valence-corrected chi connectivity index (χ0v) is 11.5. The minimum atomic E-state index is -3.49. The molecule has 1 aromatic heterocycles. The van der Waals surface area contributed by atoms with Crippen LogP contribution in [0.15, 0.2) is 23.2 Å². The van der Waals surface area contributed by atoms with Gasteiger partial charge in [0.1, 0.15) is 4.90 Å². The predicted molar refractivity (Wildman–Crippen MR) is 69.4 cm³/mol. The number of sulfonamides is 1. The third-order valence-electron chi connectivity index (χ3n) is 2.72. The van der Waals surface area contributed by atoms with Gasteiger partial charge in [0.05, 0.1) is 13.3 Å². The number of nitrogens with one attached hydrogen (secondary N) is 1. The Hall–Kier alpha value is -0.890. The lowest BCUT2D eigenvalue weighted by atomic mass is 9.89. The van der Waals surface area contributed by atoms with Gasteiger partial charge in [-0.05, 0) is 18.9 Å². The van der Waals surface area contributed by atoms with Gasteiger partial charge in [0.15, 0.2) is 0 Å². The highest BCUT2D eigenvalue weighted by Gasteiger charge is 2.30. The lowest BCUT2D eigenvalue weighted by Gasteiger charge is -2.32. The topological polar surface area (TPSA) is 94.3 Å². The summed E-state index contributed by atoms with van der Waals surface area (Å²) in [5.41, 5.74) is 5.60. The maximum absolute atomic E-state index is 11.9. The average Bonchev–Trinajstić information content (AvgIpc) is 2.27. The number of pyridine rings is 1. The Bertz CT molecular complexity index is 486. The van der Waals surface area contributed by atoms with Gasteiger partial charge >= 0.3 is 0 Å². The van der Waals surface area contributed by atoms with Gasteiger partial charge in [-0.1, -0.05) is 0 Å². The van der Waals surface area contributed by atoms with Crippen LogP contribution < -0.4 is 15.2 Å². The van der Waals surface area contributed by atoms with Crippen molar-refractivity contribution in [3.05, 3.63) is 18.3 Å². The monoisotopic (exact) mass is 293 g/mol. The largest absolute Gasteiger partial charge is 0.481 e. The van der Waals surface area contributed by atoms with Crippen molar-refractivity contribution < 1.29 is 13.2 Å². The zero-order valence-electron chi connectivity index (χ0n) is 9.87. The Labute approximate surface area is 112 Å². The van der Waals surface area contributed by atoms with E-state index in [-0.39, 0.29) is 29.4 Å². The Balaban J connectivity index is 0.00000162. The van der Waals surface area contributed by atoms with E-state index in [4.69, 9.17) is 10.5 Å². The summed E-state index contributed by atoms with van der Waals surface area (Å²) in [5.74, 6) is 0.384. The van der Waals surface area contributed by atoms with E-state index in [0.29, 0.717) is 18.7 Å². The number of ether oxygens (including phenoxy) is 1. The number of hydrogen-bond donors (Lipinski definition) is 2. The Morgan fingerprint density at radius 3 is 2.56 bits per heavy atom. The van der Waals surface area contributed by atoms with Crippen molar-refractivity contribution in [1.82, 2.24) is 9.71 Å². The second kappa shape index (κ2) is 5.83. The summed E-state index contributed by atoms with van der Waals surface area (Å²) < 4.78 is 31.3. The van der Waals surface area contributed by atoms with E-state index in [1.54, 1.807) is 0 Å². The van der Waals surface area contributed by atoms with Crippen molar-refractivity contribution in [3.8, 4) is 5.88 Å². The summed E-state index contributed by atoms with van der Waals surface area (Å²) >= 11 is 0. The molecule has 0 saturated heterocycles. The van der Waals surface area contributed by atoms with E-state index in [2.05, 4.69) is 9.71 Å². The molecule has 0 atom stereocenters. The maximum atomic E-state index is 11.9. The van der Waals surface area contributed by atoms with Crippen molar-refractivity contribution >= 4 is 22.4 Å². The van der Waals surface area contributed by atoms with Crippen LogP contribution in [0.2, 0.25) is 0 Å². The average molecular weight is 294 g/mol. The molecule has 1 saturated carbocycles. The van der Waals surface area contributed by atoms with Crippen LogP contribution in [0.4, 0.5) is 0 Å². The second-order valence-electron chi connectivity index (χ2n) is 4.09. The maximum Gasteiger partial charge on any atom is 0.242 e. The van der Waals surface area contributed by atoms with Crippen molar-refractivity contribution in [2.75, 3.05) is 7.11 Å². The van der Waals surface area contributed by atoms with Crippen molar-refractivity contribution in [3.63, 3.8) is 0 Å². The minimum absolute atomic E-state index is 0. The van der Waals surface area contributed by atoms with E-state index in [1.807, 2.05) is 0 Å². The lowest BCUT2D eigenvalue weighted by Crippen LogP contribution is -2.50. The summed E-state index contributed by atoms with van der Waals surface area (Å²) in [6.07, 6.45) is 2.64. The fourth-order valence-electron chi connectivity index (χ4n) is 1.69. The highest BCUT2D eigenvalue weighted by molar-refractivity contribution is 7.89. The first-order valence-electron chi connectivity index (χ1n) is 5.29.